The summed E-state index contributed by atoms with van der Waals surface area (Å²) in [5, 5.41) is 18.8. The first-order valence-electron chi connectivity index (χ1n) is 10.9. The first kappa shape index (κ1) is 20.5. The molecule has 1 aromatic rings. The number of morpholine rings is 1. The van der Waals surface area contributed by atoms with E-state index in [1.165, 1.54) is 4.68 Å². The van der Waals surface area contributed by atoms with E-state index in [1.807, 2.05) is 0 Å². The van der Waals surface area contributed by atoms with E-state index in [0.29, 0.717) is 50.8 Å². The van der Waals surface area contributed by atoms with E-state index in [0.717, 1.165) is 44.3 Å². The van der Waals surface area contributed by atoms with Gasteiger partial charge in [0.15, 0.2) is 5.69 Å². The van der Waals surface area contributed by atoms with Gasteiger partial charge < -0.3 is 20.1 Å². The van der Waals surface area contributed by atoms with Crippen molar-refractivity contribution in [2.75, 3.05) is 39.4 Å². The number of amides is 1. The molecule has 29 heavy (non-hydrogen) atoms. The predicted octanol–water partition coefficient (Wildman–Crippen LogP) is 1.40. The molecule has 1 amide bonds. The molecule has 8 heteroatoms. The van der Waals surface area contributed by atoms with Crippen molar-refractivity contribution in [1.29, 1.82) is 0 Å². The normalized spacial score (nSPS) is 29.0. The highest BCUT2D eigenvalue weighted by Crippen LogP contribution is 2.34. The van der Waals surface area contributed by atoms with Gasteiger partial charge in [-0.3, -0.25) is 9.59 Å². The summed E-state index contributed by atoms with van der Waals surface area (Å²) in [5.41, 5.74) is -0.188. The van der Waals surface area contributed by atoms with Crippen LogP contribution in [0.3, 0.4) is 0 Å². The number of hydrogen-bond acceptors (Lipinski definition) is 6. The lowest BCUT2D eigenvalue weighted by Crippen LogP contribution is -2.45. The summed E-state index contributed by atoms with van der Waals surface area (Å²) in [6.45, 7) is 6.03. The second-order valence-corrected chi connectivity index (χ2v) is 8.83. The third kappa shape index (κ3) is 4.25. The maximum Gasteiger partial charge on any atom is 0.278 e. The quantitative estimate of drug-likeness (QED) is 0.791. The van der Waals surface area contributed by atoms with Gasteiger partial charge in [-0.1, -0.05) is 6.92 Å². The molecule has 4 rings (SSSR count). The van der Waals surface area contributed by atoms with E-state index >= 15 is 0 Å². The zero-order chi connectivity index (χ0) is 20.4. The molecule has 0 radical (unpaired) electrons. The molecule has 160 valence electrons. The van der Waals surface area contributed by atoms with Crippen LogP contribution < -0.4 is 5.32 Å². The molecule has 2 N–H and O–H groups in total. The number of hydrogen-bond donors (Lipinski definition) is 2. The first-order valence-corrected chi connectivity index (χ1v) is 10.9. The van der Waals surface area contributed by atoms with E-state index < -0.39 is 11.5 Å². The molecule has 0 spiro atoms. The number of nitrogens with zero attached hydrogens (tertiary/aromatic N) is 3. The summed E-state index contributed by atoms with van der Waals surface area (Å²) in [7, 11) is 0. The highest BCUT2D eigenvalue weighted by atomic mass is 16.5. The first-order chi connectivity index (χ1) is 14.0. The van der Waals surface area contributed by atoms with Gasteiger partial charge in [-0.15, -0.1) is 0 Å². The molecular formula is C21H32N4O4. The molecule has 1 aliphatic carbocycles. The Morgan fingerprint density at radius 1 is 1.17 bits per heavy atom. The Kier molecular flexibility index (Phi) is 6.03. The maximum absolute atomic E-state index is 13.2. The van der Waals surface area contributed by atoms with E-state index in [9.17, 15) is 14.7 Å². The lowest BCUT2D eigenvalue weighted by molar-refractivity contribution is -0.00512. The van der Waals surface area contributed by atoms with Gasteiger partial charge in [0, 0.05) is 24.8 Å². The number of nitrogens with one attached hydrogen (secondary N) is 1. The molecule has 1 saturated carbocycles. The number of aromatic nitrogens is 2. The number of ether oxygens (including phenoxy) is 1. The minimum Gasteiger partial charge on any atom is -0.380 e. The summed E-state index contributed by atoms with van der Waals surface area (Å²) < 4.78 is 6.61. The van der Waals surface area contributed by atoms with Crippen LogP contribution in [0.2, 0.25) is 0 Å². The summed E-state index contributed by atoms with van der Waals surface area (Å²) in [4.78, 5) is 28.1. The van der Waals surface area contributed by atoms with Crippen molar-refractivity contribution < 1.29 is 19.4 Å². The molecule has 2 aliphatic heterocycles. The maximum atomic E-state index is 13.2. The Balaban J connectivity index is 1.63. The number of carbonyl (C=O) groups excluding carboxylic acids is 2. The molecule has 3 fully saturated rings. The van der Waals surface area contributed by atoms with Crippen LogP contribution in [0.15, 0.2) is 6.20 Å². The Bertz CT molecular complexity index is 742. The molecular weight excluding hydrogens is 372 g/mol. The van der Waals surface area contributed by atoms with Crippen LogP contribution in [0.25, 0.3) is 0 Å². The predicted molar refractivity (Wildman–Crippen MR) is 107 cm³/mol. The van der Waals surface area contributed by atoms with Crippen LogP contribution in [-0.2, 0) is 4.74 Å². The second kappa shape index (κ2) is 8.53. The molecule has 3 heterocycles. The highest BCUT2D eigenvalue weighted by molar-refractivity contribution is 5.95. The molecule has 0 atom stereocenters. The van der Waals surface area contributed by atoms with Crippen molar-refractivity contribution >= 4 is 11.8 Å². The topological polar surface area (TPSA) is 96.7 Å². The zero-order valence-electron chi connectivity index (χ0n) is 17.2. The largest absolute Gasteiger partial charge is 0.380 e. The number of aliphatic hydroxyl groups is 1. The molecule has 0 bridgehead atoms. The Labute approximate surface area is 171 Å². The lowest BCUT2D eigenvalue weighted by Gasteiger charge is -2.32. The van der Waals surface area contributed by atoms with Crippen LogP contribution in [-0.4, -0.2) is 76.6 Å². The van der Waals surface area contributed by atoms with Crippen LogP contribution in [0, 0.1) is 5.92 Å². The number of rotatable bonds is 3. The third-order valence-electron chi connectivity index (χ3n) is 6.73. The Morgan fingerprint density at radius 2 is 1.83 bits per heavy atom. The second-order valence-electron chi connectivity index (χ2n) is 8.83. The fourth-order valence-corrected chi connectivity index (χ4v) is 4.67. The minimum absolute atomic E-state index is 0.141. The number of carbonyl (C=O) groups is 2. The van der Waals surface area contributed by atoms with E-state index in [4.69, 9.17) is 4.74 Å². The van der Waals surface area contributed by atoms with Gasteiger partial charge in [0.05, 0.1) is 13.2 Å². The third-order valence-corrected chi connectivity index (χ3v) is 6.73. The number of piperidine rings is 1. The standard InChI is InChI=1S/C21H32N4O4/c1-15-2-6-21(28,7-3-15)20(27)25-14-17(16-4-8-22-9-5-16)18(23-25)19(26)24-10-12-29-13-11-24/h14-16,22,28H,2-13H2,1H3. The van der Waals surface area contributed by atoms with E-state index in [2.05, 4.69) is 17.3 Å². The summed E-state index contributed by atoms with van der Waals surface area (Å²) >= 11 is 0. The van der Waals surface area contributed by atoms with Gasteiger partial charge in [0.1, 0.15) is 5.60 Å². The van der Waals surface area contributed by atoms with Crippen LogP contribution in [0.4, 0.5) is 0 Å². The van der Waals surface area contributed by atoms with E-state index in [1.54, 1.807) is 11.1 Å². The smallest absolute Gasteiger partial charge is 0.278 e. The van der Waals surface area contributed by atoms with E-state index in [-0.39, 0.29) is 11.8 Å². The van der Waals surface area contributed by atoms with Gasteiger partial charge in [-0.2, -0.15) is 5.10 Å². The molecule has 8 nitrogen and oxygen atoms in total. The van der Waals surface area contributed by atoms with Crippen LogP contribution in [0.1, 0.15) is 72.2 Å². The van der Waals surface area contributed by atoms with Crippen LogP contribution in [0.5, 0.6) is 0 Å². The SMILES string of the molecule is CC1CCC(O)(C(=O)n2cc(C3CCNCC3)c(C(=O)N3CCOCC3)n2)CC1. The average molecular weight is 405 g/mol. The minimum atomic E-state index is -1.39. The van der Waals surface area contributed by atoms with Gasteiger partial charge in [-0.05, 0) is 63.5 Å². The molecule has 0 aromatic carbocycles. The van der Waals surface area contributed by atoms with Gasteiger partial charge in [0.25, 0.3) is 11.8 Å². The van der Waals surface area contributed by atoms with Gasteiger partial charge in [-0.25, -0.2) is 4.68 Å². The summed E-state index contributed by atoms with van der Waals surface area (Å²) in [6, 6.07) is 0. The van der Waals surface area contributed by atoms with Crippen molar-refractivity contribution in [2.24, 2.45) is 5.92 Å². The summed E-state index contributed by atoms with van der Waals surface area (Å²) in [6.07, 6.45) is 6.07. The van der Waals surface area contributed by atoms with Gasteiger partial charge in [0.2, 0.25) is 0 Å². The molecule has 0 unspecified atom stereocenters. The molecule has 1 aromatic heterocycles. The monoisotopic (exact) mass is 404 g/mol. The van der Waals surface area contributed by atoms with Crippen molar-refractivity contribution in [3.8, 4) is 0 Å². The molecule has 2 saturated heterocycles. The zero-order valence-corrected chi connectivity index (χ0v) is 17.2. The van der Waals surface area contributed by atoms with Crippen molar-refractivity contribution in [3.05, 3.63) is 17.5 Å². The fourth-order valence-electron chi connectivity index (χ4n) is 4.67. The van der Waals surface area contributed by atoms with Crippen molar-refractivity contribution in [2.45, 2.75) is 57.0 Å². The highest BCUT2D eigenvalue weighted by Gasteiger charge is 2.41. The lowest BCUT2D eigenvalue weighted by atomic mass is 9.79. The average Bonchev–Trinajstić information content (AvgIpc) is 3.21. The Morgan fingerprint density at radius 3 is 2.48 bits per heavy atom. The van der Waals surface area contributed by atoms with Gasteiger partial charge >= 0.3 is 0 Å². The molecule has 3 aliphatic rings. The fraction of sp³-hybridized carbons (Fsp3) is 0.762. The Hall–Kier alpha value is -1.77. The summed E-state index contributed by atoms with van der Waals surface area (Å²) in [5.74, 6) is 0.168. The van der Waals surface area contributed by atoms with Crippen molar-refractivity contribution in [3.63, 3.8) is 0 Å². The van der Waals surface area contributed by atoms with Crippen molar-refractivity contribution in [1.82, 2.24) is 20.0 Å². The van der Waals surface area contributed by atoms with Crippen LogP contribution >= 0.6 is 0 Å².